The molecule has 0 aliphatic rings. The first-order valence-electron chi connectivity index (χ1n) is 4.46. The Morgan fingerprint density at radius 3 is 3.07 bits per heavy atom. The van der Waals surface area contributed by atoms with Crippen molar-refractivity contribution in [3.05, 3.63) is 40.1 Å². The van der Waals surface area contributed by atoms with Gasteiger partial charge in [0.25, 0.3) is 0 Å². The molecule has 2 rings (SSSR count). The van der Waals surface area contributed by atoms with Crippen LogP contribution in [0.25, 0.3) is 0 Å². The van der Waals surface area contributed by atoms with E-state index in [9.17, 15) is 4.79 Å². The Balaban J connectivity index is 2.24. The van der Waals surface area contributed by atoms with Gasteiger partial charge >= 0.3 is 5.97 Å². The van der Waals surface area contributed by atoms with E-state index in [2.05, 4.69) is 4.98 Å². The highest BCUT2D eigenvalue weighted by atomic mass is 32.1. The summed E-state index contributed by atoms with van der Waals surface area (Å²) in [5.41, 5.74) is 1.27. The number of aromatic nitrogens is 2. The van der Waals surface area contributed by atoms with E-state index in [-0.39, 0.29) is 0 Å². The van der Waals surface area contributed by atoms with Crippen LogP contribution in [0.15, 0.2) is 23.7 Å². The van der Waals surface area contributed by atoms with E-state index < -0.39 is 5.97 Å². The van der Waals surface area contributed by atoms with Crippen LogP contribution in [0.5, 0.6) is 0 Å². The third-order valence-corrected chi connectivity index (χ3v) is 2.97. The van der Waals surface area contributed by atoms with Crippen LogP contribution in [0.1, 0.15) is 21.2 Å². The fourth-order valence-electron chi connectivity index (χ4n) is 1.37. The van der Waals surface area contributed by atoms with Crippen molar-refractivity contribution in [3.8, 4) is 0 Å². The van der Waals surface area contributed by atoms with E-state index in [1.54, 1.807) is 34.2 Å². The summed E-state index contributed by atoms with van der Waals surface area (Å²) in [7, 11) is 0. The number of nitrogens with zero attached hydrogens (tertiary/aromatic N) is 2. The zero-order valence-corrected chi connectivity index (χ0v) is 8.99. The summed E-state index contributed by atoms with van der Waals surface area (Å²) in [5.74, 6) is -0.909. The van der Waals surface area contributed by atoms with Crippen LogP contribution in [0.3, 0.4) is 0 Å². The minimum atomic E-state index is -0.909. The molecule has 0 amide bonds. The summed E-state index contributed by atoms with van der Waals surface area (Å²) >= 11 is 1.54. The predicted molar refractivity (Wildman–Crippen MR) is 57.3 cm³/mol. The highest BCUT2D eigenvalue weighted by Crippen LogP contribution is 2.12. The lowest BCUT2D eigenvalue weighted by Gasteiger charge is -2.02. The first-order chi connectivity index (χ1) is 7.16. The Labute approximate surface area is 90.8 Å². The first-order valence-corrected chi connectivity index (χ1v) is 5.34. The van der Waals surface area contributed by atoms with Gasteiger partial charge in [0.05, 0.1) is 6.54 Å². The van der Waals surface area contributed by atoms with E-state index >= 15 is 0 Å². The monoisotopic (exact) mass is 222 g/mol. The summed E-state index contributed by atoms with van der Waals surface area (Å²) in [4.78, 5) is 15.1. The lowest BCUT2D eigenvalue weighted by Crippen LogP contribution is -2.08. The van der Waals surface area contributed by atoms with Crippen LogP contribution in [-0.2, 0) is 6.54 Å². The van der Waals surface area contributed by atoms with Crippen molar-refractivity contribution in [2.45, 2.75) is 13.5 Å². The molecule has 0 saturated heterocycles. The molecule has 4 nitrogen and oxygen atoms in total. The Bertz CT molecular complexity index is 487. The van der Waals surface area contributed by atoms with Crippen LogP contribution in [0, 0.1) is 6.92 Å². The fourth-order valence-corrected chi connectivity index (χ4v) is 2.14. The van der Waals surface area contributed by atoms with Crippen molar-refractivity contribution in [2.24, 2.45) is 0 Å². The van der Waals surface area contributed by atoms with Crippen LogP contribution in [-0.4, -0.2) is 20.6 Å². The molecule has 5 heteroatoms. The van der Waals surface area contributed by atoms with E-state index in [1.165, 1.54) is 0 Å². The lowest BCUT2D eigenvalue weighted by atomic mass is 10.4. The van der Waals surface area contributed by atoms with Gasteiger partial charge in [-0.2, -0.15) is 0 Å². The van der Waals surface area contributed by atoms with E-state index in [0.29, 0.717) is 12.2 Å². The normalized spacial score (nSPS) is 10.5. The molecule has 0 bridgehead atoms. The van der Waals surface area contributed by atoms with Crippen molar-refractivity contribution in [2.75, 3.05) is 0 Å². The van der Waals surface area contributed by atoms with Gasteiger partial charge < -0.3 is 9.67 Å². The maximum Gasteiger partial charge on any atom is 0.352 e. The van der Waals surface area contributed by atoms with Gasteiger partial charge in [-0.1, -0.05) is 0 Å². The standard InChI is InChI=1S/C10H10N2O2S/c1-7-6-15-9(11-7)5-12-4-2-3-8(12)10(13)14/h2-4,6H,5H2,1H3,(H,13,14). The topological polar surface area (TPSA) is 55.1 Å². The number of aryl methyl sites for hydroxylation is 1. The molecule has 2 heterocycles. The van der Waals surface area contributed by atoms with Crippen molar-refractivity contribution >= 4 is 17.3 Å². The van der Waals surface area contributed by atoms with Gasteiger partial charge in [-0.25, -0.2) is 9.78 Å². The quantitative estimate of drug-likeness (QED) is 0.864. The van der Waals surface area contributed by atoms with Gasteiger partial charge in [0.2, 0.25) is 0 Å². The molecule has 0 fully saturated rings. The van der Waals surface area contributed by atoms with Gasteiger partial charge in [-0.05, 0) is 19.1 Å². The second-order valence-electron chi connectivity index (χ2n) is 3.21. The molecule has 0 radical (unpaired) electrons. The molecule has 0 unspecified atom stereocenters. The minimum absolute atomic E-state index is 0.294. The average Bonchev–Trinajstić information content (AvgIpc) is 2.75. The summed E-state index contributed by atoms with van der Waals surface area (Å²) in [5, 5.41) is 11.8. The molecule has 0 atom stereocenters. The smallest absolute Gasteiger partial charge is 0.352 e. The Hall–Kier alpha value is -1.62. The molecule has 2 aromatic rings. The molecule has 0 aliphatic carbocycles. The van der Waals surface area contributed by atoms with Crippen molar-refractivity contribution < 1.29 is 9.90 Å². The maximum atomic E-state index is 10.8. The molecular weight excluding hydrogens is 212 g/mol. The highest BCUT2D eigenvalue weighted by molar-refractivity contribution is 7.09. The average molecular weight is 222 g/mol. The van der Waals surface area contributed by atoms with E-state index in [4.69, 9.17) is 5.11 Å². The number of carboxylic acid groups (broad SMARTS) is 1. The number of carboxylic acids is 1. The van der Waals surface area contributed by atoms with Gasteiger partial charge in [0.1, 0.15) is 10.7 Å². The number of rotatable bonds is 3. The summed E-state index contributed by atoms with van der Waals surface area (Å²) < 4.78 is 1.68. The minimum Gasteiger partial charge on any atom is -0.477 e. The third kappa shape index (κ3) is 2.07. The van der Waals surface area contributed by atoms with Crippen LogP contribution in [0.4, 0.5) is 0 Å². The van der Waals surface area contributed by atoms with Gasteiger partial charge in [0.15, 0.2) is 0 Å². The second kappa shape index (κ2) is 3.86. The molecule has 0 aromatic carbocycles. The number of aromatic carboxylic acids is 1. The van der Waals surface area contributed by atoms with Crippen molar-refractivity contribution in [1.29, 1.82) is 0 Å². The maximum absolute atomic E-state index is 10.8. The number of thiazole rings is 1. The van der Waals surface area contributed by atoms with Crippen LogP contribution >= 0.6 is 11.3 Å². The SMILES string of the molecule is Cc1csc(Cn2cccc2C(=O)O)n1. The largest absolute Gasteiger partial charge is 0.477 e. The summed E-state index contributed by atoms with van der Waals surface area (Å²) in [6.07, 6.45) is 1.75. The molecule has 78 valence electrons. The Morgan fingerprint density at radius 2 is 2.47 bits per heavy atom. The molecule has 0 spiro atoms. The number of hydrogen-bond donors (Lipinski definition) is 1. The van der Waals surface area contributed by atoms with Crippen molar-refractivity contribution in [3.63, 3.8) is 0 Å². The molecule has 0 saturated carbocycles. The zero-order chi connectivity index (χ0) is 10.8. The Kier molecular flexibility index (Phi) is 2.55. The summed E-state index contributed by atoms with van der Waals surface area (Å²) in [6.45, 7) is 2.45. The van der Waals surface area contributed by atoms with Gasteiger partial charge in [0, 0.05) is 17.3 Å². The first kappa shape index (κ1) is 9.92. The van der Waals surface area contributed by atoms with E-state index in [1.807, 2.05) is 12.3 Å². The van der Waals surface area contributed by atoms with E-state index in [0.717, 1.165) is 10.7 Å². The third-order valence-electron chi connectivity index (χ3n) is 2.02. The molecule has 1 N–H and O–H groups in total. The predicted octanol–water partition coefficient (Wildman–Crippen LogP) is 2.00. The van der Waals surface area contributed by atoms with Crippen LogP contribution < -0.4 is 0 Å². The number of carbonyl (C=O) groups is 1. The fraction of sp³-hybridized carbons (Fsp3) is 0.200. The second-order valence-corrected chi connectivity index (χ2v) is 4.15. The van der Waals surface area contributed by atoms with Gasteiger partial charge in [-0.15, -0.1) is 11.3 Å². The number of hydrogen-bond acceptors (Lipinski definition) is 3. The van der Waals surface area contributed by atoms with Crippen molar-refractivity contribution in [1.82, 2.24) is 9.55 Å². The molecule has 15 heavy (non-hydrogen) atoms. The zero-order valence-electron chi connectivity index (χ0n) is 8.17. The van der Waals surface area contributed by atoms with Gasteiger partial charge in [-0.3, -0.25) is 0 Å². The lowest BCUT2D eigenvalue weighted by molar-refractivity contribution is 0.0685. The highest BCUT2D eigenvalue weighted by Gasteiger charge is 2.09. The molecule has 0 aliphatic heterocycles. The molecule has 2 aromatic heterocycles. The van der Waals surface area contributed by atoms with Crippen LogP contribution in [0.2, 0.25) is 0 Å². The summed E-state index contributed by atoms with van der Waals surface area (Å²) in [6, 6.07) is 3.31. The molecular formula is C10H10N2O2S. The Morgan fingerprint density at radius 1 is 1.67 bits per heavy atom.